The lowest BCUT2D eigenvalue weighted by molar-refractivity contribution is -0.378. The van der Waals surface area contributed by atoms with Crippen LogP contribution in [0, 0.1) is 0 Å². The molecule has 4 aromatic carbocycles. The third kappa shape index (κ3) is 32.2. The van der Waals surface area contributed by atoms with Crippen molar-refractivity contribution in [1.82, 2.24) is 0 Å². The van der Waals surface area contributed by atoms with Crippen molar-refractivity contribution in [3.63, 3.8) is 0 Å². The summed E-state index contributed by atoms with van der Waals surface area (Å²) in [6.07, 6.45) is -63.3. The van der Waals surface area contributed by atoms with E-state index < -0.39 is 337 Å². The summed E-state index contributed by atoms with van der Waals surface area (Å²) >= 11 is 0. The van der Waals surface area contributed by atoms with Crippen molar-refractivity contribution in [3.8, 4) is 0 Å². The molecule has 50 nitrogen and oxygen atoms in total. The van der Waals surface area contributed by atoms with E-state index in [4.69, 9.17) is 147 Å². The predicted octanol–water partition coefficient (Wildman–Crippen LogP) is 2.57. The van der Waals surface area contributed by atoms with Crippen LogP contribution in [0.3, 0.4) is 0 Å². The molecular weight excluding hydrogens is 1940 g/mol. The molecular formula is C95H110O50. The number of carbonyl (C=O) groups is 19. The van der Waals surface area contributed by atoms with Gasteiger partial charge in [-0.3, -0.25) is 71.9 Å². The maximum absolute atomic E-state index is 14.8. The zero-order chi connectivity index (χ0) is 106. The molecule has 0 saturated carbocycles. The Kier molecular flexibility index (Phi) is 41.6. The molecule has 6 heterocycles. The summed E-state index contributed by atoms with van der Waals surface area (Å²) in [5.74, 6) is -21.6. The van der Waals surface area contributed by atoms with Gasteiger partial charge in [0.2, 0.25) is 0 Å². The number of benzene rings is 4. The van der Waals surface area contributed by atoms with Gasteiger partial charge < -0.3 is 147 Å². The van der Waals surface area contributed by atoms with Crippen LogP contribution in [0.25, 0.3) is 0 Å². The van der Waals surface area contributed by atoms with Crippen molar-refractivity contribution >= 4 is 113 Å². The SMILES string of the molecule is CO[C@H]1O[C@H](CO[C@H]2O[C@H](COC(=O)c3ccccc3)[C@@H](OC(=O)c3ccccc3)[C@H](OC(=O)c3ccccc3)[C@@H]2OC(=O)c2ccccc2)[C@@H](OC(C)=O)[C@H](O[C@H]2O[C@H](CO[C@H]3O[C@H](CO[C@H]4O[C@H](COC(C)=O)[C@@H](OC(C)=O)[C@H](OC(C)=O)[C@@H]4OC(C)=O)[C@@H](OC(C)=O)[C@H](O[C@H]4O[C@H](COC(C)=O)[C@@H](OC(C)=O)[C@H](OC(C)=O)[C@@H]4OC(C)=O)[C@@H]3OC(C)=O)[C@@H](OC(C)=O)[C@H](OC(C)=O)[C@@H]2OC(C)=O)[C@@H]1OC(C)=O. The van der Waals surface area contributed by atoms with E-state index in [2.05, 4.69) is 0 Å². The van der Waals surface area contributed by atoms with Crippen molar-refractivity contribution in [3.05, 3.63) is 144 Å². The van der Waals surface area contributed by atoms with E-state index in [0.717, 1.165) is 111 Å². The molecule has 6 aliphatic heterocycles. The minimum absolute atomic E-state index is 0.0116. The van der Waals surface area contributed by atoms with Crippen molar-refractivity contribution in [1.29, 1.82) is 0 Å². The first-order chi connectivity index (χ1) is 68.8. The van der Waals surface area contributed by atoms with Crippen LogP contribution in [-0.2, 0) is 219 Å². The third-order valence-corrected chi connectivity index (χ3v) is 21.6. The Balaban J connectivity index is 1.11. The zero-order valence-corrected chi connectivity index (χ0v) is 81.0. The Hall–Kier alpha value is -13.7. The molecule has 6 aliphatic rings. The molecule has 0 bridgehead atoms. The molecule has 4 aromatic rings. The highest BCUT2D eigenvalue weighted by molar-refractivity contribution is 5.92. The first kappa shape index (κ1) is 113. The van der Waals surface area contributed by atoms with Gasteiger partial charge in [0, 0.05) is 111 Å². The van der Waals surface area contributed by atoms with Gasteiger partial charge in [0.15, 0.2) is 135 Å². The number of hydrogen-bond acceptors (Lipinski definition) is 50. The second kappa shape index (κ2) is 53.3. The monoisotopic (exact) mass is 2050 g/mol. The Labute approximate surface area is 826 Å². The topological polar surface area (TPSA) is 610 Å². The Morgan fingerprint density at radius 1 is 0.186 bits per heavy atom. The molecule has 0 N–H and O–H groups in total. The first-order valence-electron chi connectivity index (χ1n) is 45.0. The van der Waals surface area contributed by atoms with Crippen LogP contribution in [-0.4, -0.2) is 344 Å². The summed E-state index contributed by atoms with van der Waals surface area (Å²) in [6, 6.07) is 29.4. The van der Waals surface area contributed by atoms with Crippen molar-refractivity contribution in [2.45, 2.75) is 288 Å². The van der Waals surface area contributed by atoms with Crippen molar-refractivity contribution in [2.24, 2.45) is 0 Å². The molecule has 6 fully saturated rings. The van der Waals surface area contributed by atoms with Gasteiger partial charge in [-0.15, -0.1) is 0 Å². The number of carbonyl (C=O) groups excluding carboxylic acids is 19. The van der Waals surface area contributed by atoms with E-state index in [1.807, 2.05) is 0 Å². The number of methoxy groups -OCH3 is 1. The molecule has 10 rings (SSSR count). The van der Waals surface area contributed by atoms with Crippen LogP contribution in [0.15, 0.2) is 121 Å². The van der Waals surface area contributed by atoms with E-state index >= 15 is 0 Å². The van der Waals surface area contributed by atoms with Crippen molar-refractivity contribution in [2.75, 3.05) is 46.8 Å². The van der Waals surface area contributed by atoms with E-state index in [1.165, 1.54) is 97.1 Å². The molecule has 0 aliphatic carbocycles. The molecule has 6 saturated heterocycles. The minimum Gasteiger partial charge on any atom is -0.463 e. The molecule has 0 amide bonds. The van der Waals surface area contributed by atoms with Gasteiger partial charge in [-0.2, -0.15) is 0 Å². The van der Waals surface area contributed by atoms with E-state index in [9.17, 15) is 91.1 Å². The standard InChI is InChI=1S/C95H110O50/c1-43(96)116-37-62-68(122-45(3)98)74(127-50(8)103)81(131-54(12)107)91(136-62)119-41-66-72(126-49(7)102)79(145-94-84(133-56(14)109)75(128-51(9)104)69(123-46(4)99)63(139-94)38-117-44(2)97)82(132-55(13)108)92(138-66)120-42-67-70(124-47(5)100)76(129-52(10)105)85(134-57(15)110)95(140-67)144-78-71(125-48(6)101)65(135-90(115-16)80(78)130-53(11)106)40-121-93-83(143-89(114)61-35-27-20-28-36-61)77(142-88(113)60-33-25-19-26-34-60)73(141-87(112)59-31-23-18-24-32-59)64(137-93)39-118-86(111)58-29-21-17-22-30-58/h17-36,62-85,90-95H,37-42H2,1-16H3/t62-,63-,64-,65-,66-,67-,68-,69-,70-,71-,72-,73-,74+,75+,76+,77+,78+,79+,80+,81+,82+,83+,84+,85+,90+,91+,92+,93+,94-,95-/m1/s1. The summed E-state index contributed by atoms with van der Waals surface area (Å²) < 4.78 is 189. The third-order valence-electron chi connectivity index (χ3n) is 21.6. The predicted molar refractivity (Wildman–Crippen MR) is 466 cm³/mol. The van der Waals surface area contributed by atoms with E-state index in [1.54, 1.807) is 24.3 Å². The van der Waals surface area contributed by atoms with Crippen LogP contribution in [0.5, 0.6) is 0 Å². The van der Waals surface area contributed by atoms with Gasteiger partial charge in [0.25, 0.3) is 0 Å². The average Bonchev–Trinajstić information content (AvgIpc) is 0.764. The minimum atomic E-state index is -2.46. The van der Waals surface area contributed by atoms with Crippen LogP contribution < -0.4 is 0 Å². The average molecular weight is 2050 g/mol. The molecule has 0 radical (unpaired) electrons. The molecule has 0 aromatic heterocycles. The van der Waals surface area contributed by atoms with Crippen molar-refractivity contribution < 1.29 is 238 Å². The maximum atomic E-state index is 14.8. The fourth-order valence-corrected chi connectivity index (χ4v) is 16.2. The summed E-state index contributed by atoms with van der Waals surface area (Å²) in [4.78, 5) is 259. The fourth-order valence-electron chi connectivity index (χ4n) is 16.2. The number of ether oxygens (including phenoxy) is 31. The first-order valence-corrected chi connectivity index (χ1v) is 45.0. The zero-order valence-electron chi connectivity index (χ0n) is 81.0. The van der Waals surface area contributed by atoms with Gasteiger partial charge >= 0.3 is 113 Å². The molecule has 0 spiro atoms. The quantitative estimate of drug-likeness (QED) is 0.0456. The number of rotatable bonds is 40. The second-order valence-corrected chi connectivity index (χ2v) is 32.9. The van der Waals surface area contributed by atoms with Gasteiger partial charge in [0.05, 0.1) is 42.1 Å². The summed E-state index contributed by atoms with van der Waals surface area (Å²) in [6.45, 7) is 7.19. The molecule has 0 unspecified atom stereocenters. The molecule has 50 heteroatoms. The highest BCUT2D eigenvalue weighted by Gasteiger charge is 2.64. The van der Waals surface area contributed by atoms with Crippen LogP contribution in [0.4, 0.5) is 0 Å². The van der Waals surface area contributed by atoms with E-state index in [-0.39, 0.29) is 22.3 Å². The summed E-state index contributed by atoms with van der Waals surface area (Å²) in [5.41, 5.74) is -0.295. The summed E-state index contributed by atoms with van der Waals surface area (Å²) in [5, 5.41) is 0. The Morgan fingerprint density at radius 3 is 0.634 bits per heavy atom. The van der Waals surface area contributed by atoms with Gasteiger partial charge in [-0.25, -0.2) is 19.2 Å². The van der Waals surface area contributed by atoms with Crippen LogP contribution >= 0.6 is 0 Å². The van der Waals surface area contributed by atoms with Gasteiger partial charge in [-0.05, 0) is 48.5 Å². The number of esters is 19. The smallest absolute Gasteiger partial charge is 0.338 e. The van der Waals surface area contributed by atoms with Gasteiger partial charge in [-0.1, -0.05) is 72.8 Å². The lowest BCUT2D eigenvalue weighted by Gasteiger charge is -2.50. The lowest BCUT2D eigenvalue weighted by Crippen LogP contribution is -2.68. The van der Waals surface area contributed by atoms with Crippen LogP contribution in [0.1, 0.15) is 145 Å². The Morgan fingerprint density at radius 2 is 0.366 bits per heavy atom. The largest absolute Gasteiger partial charge is 0.463 e. The van der Waals surface area contributed by atoms with Gasteiger partial charge in [0.1, 0.15) is 68.7 Å². The highest BCUT2D eigenvalue weighted by Crippen LogP contribution is 2.42. The lowest BCUT2D eigenvalue weighted by atomic mass is 9.95. The second-order valence-electron chi connectivity index (χ2n) is 32.9. The summed E-state index contributed by atoms with van der Waals surface area (Å²) in [7, 11) is 1.03. The molecule has 790 valence electrons. The molecule has 145 heavy (non-hydrogen) atoms. The number of hydrogen-bond donors (Lipinski definition) is 0. The highest BCUT2D eigenvalue weighted by atomic mass is 16.8. The van der Waals surface area contributed by atoms with Crippen LogP contribution in [0.2, 0.25) is 0 Å². The Bertz CT molecular complexity index is 5190. The fraction of sp³-hybridized carbons (Fsp3) is 0.547. The normalized spacial score (nSPS) is 29.9. The maximum Gasteiger partial charge on any atom is 0.338 e. The molecule has 30 atom stereocenters. The van der Waals surface area contributed by atoms with E-state index in [0.29, 0.717) is 0 Å².